The lowest BCUT2D eigenvalue weighted by molar-refractivity contribution is -0.385. The van der Waals surface area contributed by atoms with Crippen molar-refractivity contribution in [3.8, 4) is 11.8 Å². The minimum Gasteiger partial charge on any atom is -0.491 e. The summed E-state index contributed by atoms with van der Waals surface area (Å²) in [7, 11) is 0. The summed E-state index contributed by atoms with van der Waals surface area (Å²) < 4.78 is 18.9. The van der Waals surface area contributed by atoms with Crippen molar-refractivity contribution in [2.45, 2.75) is 33.6 Å². The number of hydrogen-bond donors (Lipinski definition) is 0. The molecule has 5 nitrogen and oxygen atoms in total. The van der Waals surface area contributed by atoms with Crippen LogP contribution in [0.4, 0.5) is 10.1 Å². The molecule has 0 bridgehead atoms. The van der Waals surface area contributed by atoms with E-state index in [4.69, 9.17) is 10.00 Å². The molecule has 6 heteroatoms. The molecule has 0 fully saturated rings. The Morgan fingerprint density at radius 3 is 2.70 bits per heavy atom. The van der Waals surface area contributed by atoms with Crippen molar-refractivity contribution in [3.63, 3.8) is 0 Å². The van der Waals surface area contributed by atoms with Gasteiger partial charge in [-0.05, 0) is 39.7 Å². The van der Waals surface area contributed by atoms with Crippen LogP contribution in [0.25, 0.3) is 0 Å². The molecule has 1 rings (SSSR count). The Morgan fingerprint density at radius 2 is 2.15 bits per heavy atom. The van der Waals surface area contributed by atoms with Gasteiger partial charge in [-0.15, -0.1) is 0 Å². The summed E-state index contributed by atoms with van der Waals surface area (Å²) in [4.78, 5) is 10.0. The van der Waals surface area contributed by atoms with Crippen molar-refractivity contribution in [1.29, 1.82) is 5.26 Å². The van der Waals surface area contributed by atoms with Gasteiger partial charge in [0.15, 0.2) is 11.6 Å². The highest BCUT2D eigenvalue weighted by molar-refractivity contribution is 5.45. The average Bonchev–Trinajstić information content (AvgIpc) is 2.37. The predicted octanol–water partition coefficient (Wildman–Crippen LogP) is 3.75. The van der Waals surface area contributed by atoms with Crippen LogP contribution in [0.3, 0.4) is 0 Å². The predicted molar refractivity (Wildman–Crippen MR) is 71.9 cm³/mol. The molecule has 0 amide bonds. The van der Waals surface area contributed by atoms with Crippen LogP contribution < -0.4 is 4.74 Å². The molecule has 1 aromatic rings. The maximum absolute atomic E-state index is 13.6. The second-order valence-corrected chi connectivity index (χ2v) is 5.27. The molecule has 0 spiro atoms. The fourth-order valence-electron chi connectivity index (χ4n) is 1.70. The normalized spacial score (nSPS) is 10.9. The van der Waals surface area contributed by atoms with E-state index in [9.17, 15) is 14.5 Å². The Labute approximate surface area is 117 Å². The molecule has 0 N–H and O–H groups in total. The summed E-state index contributed by atoms with van der Waals surface area (Å²) in [5.74, 6) is -0.746. The molecule has 0 saturated carbocycles. The fourth-order valence-corrected chi connectivity index (χ4v) is 1.70. The smallest absolute Gasteiger partial charge is 0.275 e. The van der Waals surface area contributed by atoms with Gasteiger partial charge in [-0.2, -0.15) is 5.26 Å². The Kier molecular flexibility index (Phi) is 5.03. The Bertz CT molecular complexity index is 550. The van der Waals surface area contributed by atoms with Gasteiger partial charge in [-0.1, -0.05) is 0 Å². The average molecular weight is 280 g/mol. The van der Waals surface area contributed by atoms with Crippen LogP contribution >= 0.6 is 0 Å². The zero-order valence-electron chi connectivity index (χ0n) is 11.8. The molecule has 0 heterocycles. The summed E-state index contributed by atoms with van der Waals surface area (Å²) >= 11 is 0. The van der Waals surface area contributed by atoms with Crippen LogP contribution in [0, 0.1) is 39.6 Å². The van der Waals surface area contributed by atoms with E-state index >= 15 is 0 Å². The van der Waals surface area contributed by atoms with Crippen LogP contribution in [0.15, 0.2) is 12.1 Å². The summed E-state index contributed by atoms with van der Waals surface area (Å²) in [5, 5.41) is 19.5. The number of nitro groups is 1. The van der Waals surface area contributed by atoms with E-state index in [2.05, 4.69) is 6.07 Å². The molecule has 0 aromatic heterocycles. The number of ether oxygens (including phenoxy) is 1. The lowest BCUT2D eigenvalue weighted by Crippen LogP contribution is -2.10. The van der Waals surface area contributed by atoms with Gasteiger partial charge in [-0.3, -0.25) is 10.1 Å². The molecule has 1 aromatic carbocycles. The van der Waals surface area contributed by atoms with Gasteiger partial charge >= 0.3 is 0 Å². The quantitative estimate of drug-likeness (QED) is 0.451. The summed E-state index contributed by atoms with van der Waals surface area (Å²) in [5.41, 5.74) is -0.350. The van der Waals surface area contributed by atoms with E-state index in [0.29, 0.717) is 18.4 Å². The van der Waals surface area contributed by atoms with Crippen molar-refractivity contribution in [1.82, 2.24) is 0 Å². The number of nitriles is 1. The molecule has 0 atom stereocenters. The minimum atomic E-state index is -0.748. The monoisotopic (exact) mass is 280 g/mol. The Morgan fingerprint density at radius 1 is 1.50 bits per heavy atom. The van der Waals surface area contributed by atoms with E-state index in [0.717, 1.165) is 6.07 Å². The van der Waals surface area contributed by atoms with Crippen LogP contribution in [0.2, 0.25) is 0 Å². The van der Waals surface area contributed by atoms with Crippen molar-refractivity contribution < 1.29 is 14.1 Å². The first kappa shape index (κ1) is 15.9. The first-order chi connectivity index (χ1) is 9.26. The minimum absolute atomic E-state index is 0.00265. The van der Waals surface area contributed by atoms with Crippen molar-refractivity contribution in [3.05, 3.63) is 33.6 Å². The third-order valence-corrected chi connectivity index (χ3v) is 2.95. The van der Waals surface area contributed by atoms with Crippen molar-refractivity contribution in [2.24, 2.45) is 5.41 Å². The molecular formula is C14H17FN2O3. The van der Waals surface area contributed by atoms with Gasteiger partial charge in [0.2, 0.25) is 0 Å². The first-order valence-electron chi connectivity index (χ1n) is 6.25. The first-order valence-corrected chi connectivity index (χ1v) is 6.25. The topological polar surface area (TPSA) is 76.2 Å². The van der Waals surface area contributed by atoms with Crippen LogP contribution in [0.5, 0.6) is 5.75 Å². The summed E-state index contributed by atoms with van der Waals surface area (Å²) in [6, 6.07) is 4.36. The summed E-state index contributed by atoms with van der Waals surface area (Å²) in [6.45, 7) is 5.44. The number of halogens is 1. The third-order valence-electron chi connectivity index (χ3n) is 2.95. The molecule has 20 heavy (non-hydrogen) atoms. The number of aryl methyl sites for hydroxylation is 1. The third kappa shape index (κ3) is 4.19. The van der Waals surface area contributed by atoms with E-state index in [1.54, 1.807) is 0 Å². The zero-order valence-corrected chi connectivity index (χ0v) is 11.8. The van der Waals surface area contributed by atoms with Crippen LogP contribution in [-0.2, 0) is 0 Å². The number of hydrogen-bond acceptors (Lipinski definition) is 4. The van der Waals surface area contributed by atoms with Gasteiger partial charge in [0.1, 0.15) is 0 Å². The summed E-state index contributed by atoms with van der Waals surface area (Å²) in [6.07, 6.45) is 1.24. The molecule has 0 aliphatic carbocycles. The number of nitro benzene ring substituents is 1. The van der Waals surface area contributed by atoms with Crippen molar-refractivity contribution in [2.75, 3.05) is 6.61 Å². The van der Waals surface area contributed by atoms with E-state index in [1.165, 1.54) is 13.0 Å². The van der Waals surface area contributed by atoms with Crippen molar-refractivity contribution >= 4 is 5.69 Å². The lowest BCUT2D eigenvalue weighted by Gasteiger charge is -2.15. The van der Waals surface area contributed by atoms with Gasteiger partial charge in [0.25, 0.3) is 5.69 Å². The Hall–Kier alpha value is -2.16. The van der Waals surface area contributed by atoms with Gasteiger partial charge in [0.05, 0.1) is 29.1 Å². The molecule has 0 saturated heterocycles. The Balaban J connectivity index is 2.64. The second-order valence-electron chi connectivity index (χ2n) is 5.27. The zero-order chi connectivity index (χ0) is 15.3. The number of benzene rings is 1. The van der Waals surface area contributed by atoms with E-state index < -0.39 is 16.2 Å². The van der Waals surface area contributed by atoms with Gasteiger partial charge in [-0.25, -0.2) is 4.39 Å². The van der Waals surface area contributed by atoms with E-state index in [1.807, 2.05) is 13.8 Å². The number of nitrogens with zero attached hydrogens (tertiary/aromatic N) is 2. The van der Waals surface area contributed by atoms with Gasteiger partial charge < -0.3 is 4.74 Å². The van der Waals surface area contributed by atoms with Crippen LogP contribution in [0.1, 0.15) is 32.3 Å². The van der Waals surface area contributed by atoms with Gasteiger partial charge in [0, 0.05) is 5.56 Å². The molecule has 0 aliphatic heterocycles. The maximum Gasteiger partial charge on any atom is 0.275 e. The molecule has 0 radical (unpaired) electrons. The highest BCUT2D eigenvalue weighted by Gasteiger charge is 2.18. The molecule has 108 valence electrons. The maximum atomic E-state index is 13.6. The largest absolute Gasteiger partial charge is 0.491 e. The molecule has 0 unspecified atom stereocenters. The highest BCUT2D eigenvalue weighted by Crippen LogP contribution is 2.27. The highest BCUT2D eigenvalue weighted by atomic mass is 19.1. The van der Waals surface area contributed by atoms with Crippen LogP contribution in [-0.4, -0.2) is 11.5 Å². The lowest BCUT2D eigenvalue weighted by atomic mass is 9.90. The van der Waals surface area contributed by atoms with E-state index in [-0.39, 0.29) is 18.0 Å². The standard InChI is InChI=1S/C14H17FN2O3/c1-10-7-13(11(15)8-12(10)17(18)19)20-6-4-5-14(2,3)9-16/h7-8H,4-6H2,1-3H3. The number of rotatable bonds is 6. The SMILES string of the molecule is Cc1cc(OCCCC(C)(C)C#N)c(F)cc1[N+](=O)[O-]. The second kappa shape index (κ2) is 6.33. The molecule has 0 aliphatic rings. The fraction of sp³-hybridized carbons (Fsp3) is 0.500. The molecular weight excluding hydrogens is 263 g/mol.